The van der Waals surface area contributed by atoms with Gasteiger partial charge in [-0.15, -0.1) is 0 Å². The molecular weight excluding hydrogens is 294 g/mol. The zero-order chi connectivity index (χ0) is 16.7. The summed E-state index contributed by atoms with van der Waals surface area (Å²) in [6.07, 6.45) is 2.93. The quantitative estimate of drug-likeness (QED) is 0.551. The van der Waals surface area contributed by atoms with Crippen LogP contribution in [0.4, 0.5) is 0 Å². The van der Waals surface area contributed by atoms with Crippen LogP contribution in [0.25, 0.3) is 0 Å². The number of amides is 1. The minimum Gasteiger partial charge on any atom is -0.374 e. The fraction of sp³-hybridized carbons (Fsp3) is 0.875. The molecule has 0 spiro atoms. The first-order valence-corrected chi connectivity index (χ1v) is 8.58. The molecule has 7 heteroatoms. The second-order valence-electron chi connectivity index (χ2n) is 6.49. The van der Waals surface area contributed by atoms with Gasteiger partial charge < -0.3 is 25.2 Å². The van der Waals surface area contributed by atoms with Crippen molar-refractivity contribution in [3.05, 3.63) is 0 Å². The van der Waals surface area contributed by atoms with E-state index in [4.69, 9.17) is 4.74 Å². The van der Waals surface area contributed by atoms with E-state index in [1.807, 2.05) is 7.05 Å². The summed E-state index contributed by atoms with van der Waals surface area (Å²) in [6.45, 7) is 5.45. The zero-order valence-electron chi connectivity index (χ0n) is 14.7. The van der Waals surface area contributed by atoms with Crippen molar-refractivity contribution in [2.45, 2.75) is 25.4 Å². The summed E-state index contributed by atoms with van der Waals surface area (Å²) in [5, 5.41) is 6.15. The molecule has 1 amide bonds. The van der Waals surface area contributed by atoms with Gasteiger partial charge >= 0.3 is 0 Å². The molecule has 1 atom stereocenters. The summed E-state index contributed by atoms with van der Waals surface area (Å²) < 4.78 is 5.78. The van der Waals surface area contributed by atoms with Gasteiger partial charge in [-0.2, -0.15) is 0 Å². The maximum Gasteiger partial charge on any atom is 0.220 e. The van der Waals surface area contributed by atoms with Gasteiger partial charge in [0.05, 0.1) is 12.7 Å². The molecule has 132 valence electrons. The zero-order valence-corrected chi connectivity index (χ0v) is 14.7. The van der Waals surface area contributed by atoms with Crippen LogP contribution in [0.3, 0.4) is 0 Å². The first kappa shape index (κ1) is 18.0. The summed E-state index contributed by atoms with van der Waals surface area (Å²) >= 11 is 0. The molecule has 2 aliphatic rings. The molecule has 2 heterocycles. The van der Waals surface area contributed by atoms with E-state index in [1.54, 1.807) is 7.05 Å². The molecule has 0 aromatic rings. The number of likely N-dealkylation sites (N-methyl/N-ethyl adjacent to an activating group) is 1. The highest BCUT2D eigenvalue weighted by Crippen LogP contribution is 2.20. The number of nitrogens with one attached hydrogen (secondary N) is 2. The van der Waals surface area contributed by atoms with Crippen molar-refractivity contribution in [1.29, 1.82) is 0 Å². The molecule has 23 heavy (non-hydrogen) atoms. The van der Waals surface area contributed by atoms with Crippen molar-refractivity contribution >= 4 is 11.9 Å². The number of piperidine rings is 1. The molecule has 7 nitrogen and oxygen atoms in total. The monoisotopic (exact) mass is 325 g/mol. The first-order valence-electron chi connectivity index (χ1n) is 8.58. The maximum absolute atomic E-state index is 11.5. The Bertz CT molecular complexity index is 407. The third-order valence-corrected chi connectivity index (χ3v) is 4.71. The average molecular weight is 325 g/mol. The highest BCUT2D eigenvalue weighted by Gasteiger charge is 2.24. The summed E-state index contributed by atoms with van der Waals surface area (Å²) in [6, 6.07) is 0. The van der Waals surface area contributed by atoms with Crippen LogP contribution in [0.1, 0.15) is 19.3 Å². The Hall–Kier alpha value is -1.34. The SMILES string of the molecule is CN=C(NCC1CN(C)CCO1)N1CCC(CC(=O)NC)CC1. The Morgan fingerprint density at radius 3 is 2.65 bits per heavy atom. The summed E-state index contributed by atoms with van der Waals surface area (Å²) in [5.41, 5.74) is 0. The van der Waals surface area contributed by atoms with Gasteiger partial charge in [-0.05, 0) is 25.8 Å². The average Bonchev–Trinajstić information content (AvgIpc) is 2.56. The van der Waals surface area contributed by atoms with Crippen molar-refractivity contribution < 1.29 is 9.53 Å². The third kappa shape index (κ3) is 5.66. The molecule has 0 bridgehead atoms. The van der Waals surface area contributed by atoms with Crippen molar-refractivity contribution in [1.82, 2.24) is 20.4 Å². The number of aliphatic imine (C=N–C) groups is 1. The summed E-state index contributed by atoms with van der Waals surface area (Å²) in [7, 11) is 5.66. The third-order valence-electron chi connectivity index (χ3n) is 4.71. The molecule has 1 unspecified atom stereocenters. The lowest BCUT2D eigenvalue weighted by atomic mass is 9.93. The van der Waals surface area contributed by atoms with Gasteiger partial charge in [0.1, 0.15) is 0 Å². The fourth-order valence-electron chi connectivity index (χ4n) is 3.24. The first-order chi connectivity index (χ1) is 11.1. The van der Waals surface area contributed by atoms with Gasteiger partial charge in [-0.3, -0.25) is 9.79 Å². The largest absolute Gasteiger partial charge is 0.374 e. The lowest BCUT2D eigenvalue weighted by Crippen LogP contribution is -2.51. The summed E-state index contributed by atoms with van der Waals surface area (Å²) in [4.78, 5) is 20.5. The highest BCUT2D eigenvalue weighted by atomic mass is 16.5. The van der Waals surface area contributed by atoms with Gasteiger partial charge in [-0.1, -0.05) is 0 Å². The Balaban J connectivity index is 1.73. The van der Waals surface area contributed by atoms with Crippen LogP contribution >= 0.6 is 0 Å². The van der Waals surface area contributed by atoms with E-state index in [9.17, 15) is 4.79 Å². The molecule has 0 aromatic carbocycles. The van der Waals surface area contributed by atoms with Crippen molar-refractivity contribution in [3.63, 3.8) is 0 Å². The van der Waals surface area contributed by atoms with Crippen molar-refractivity contribution in [3.8, 4) is 0 Å². The molecule has 0 saturated carbocycles. The van der Waals surface area contributed by atoms with Gasteiger partial charge in [0.25, 0.3) is 0 Å². The van der Waals surface area contributed by atoms with E-state index in [0.717, 1.165) is 58.1 Å². The number of morpholine rings is 1. The van der Waals surface area contributed by atoms with Gasteiger partial charge in [0.2, 0.25) is 5.91 Å². The second-order valence-corrected chi connectivity index (χ2v) is 6.49. The van der Waals surface area contributed by atoms with Crippen LogP contribution in [0, 0.1) is 5.92 Å². The Labute approximate surface area is 139 Å². The van der Waals surface area contributed by atoms with Gasteiger partial charge in [-0.25, -0.2) is 0 Å². The minimum absolute atomic E-state index is 0.143. The van der Waals surface area contributed by atoms with Crippen LogP contribution in [0.5, 0.6) is 0 Å². The normalized spacial score (nSPS) is 24.6. The number of likely N-dealkylation sites (tertiary alicyclic amines) is 1. The number of carbonyl (C=O) groups excluding carboxylic acids is 1. The number of ether oxygens (including phenoxy) is 1. The molecule has 2 saturated heterocycles. The molecule has 0 radical (unpaired) electrons. The minimum atomic E-state index is 0.143. The topological polar surface area (TPSA) is 69.2 Å². The summed E-state index contributed by atoms with van der Waals surface area (Å²) in [5.74, 6) is 1.57. The van der Waals surface area contributed by atoms with E-state index in [2.05, 4.69) is 32.5 Å². The molecule has 0 aliphatic carbocycles. The molecular formula is C16H31N5O2. The lowest BCUT2D eigenvalue weighted by molar-refractivity contribution is -0.121. The molecule has 2 aliphatic heterocycles. The Morgan fingerprint density at radius 2 is 2.04 bits per heavy atom. The van der Waals surface area contributed by atoms with E-state index in [0.29, 0.717) is 12.3 Å². The number of guanidine groups is 1. The van der Waals surface area contributed by atoms with E-state index >= 15 is 0 Å². The van der Waals surface area contributed by atoms with Crippen LogP contribution < -0.4 is 10.6 Å². The second kappa shape index (κ2) is 9.08. The van der Waals surface area contributed by atoms with Crippen LogP contribution in [0.15, 0.2) is 4.99 Å². The Kier molecular flexibility index (Phi) is 7.11. The van der Waals surface area contributed by atoms with Gasteiger partial charge in [0.15, 0.2) is 5.96 Å². The van der Waals surface area contributed by atoms with Crippen LogP contribution in [0.2, 0.25) is 0 Å². The number of nitrogens with zero attached hydrogens (tertiary/aromatic N) is 3. The molecule has 2 N–H and O–H groups in total. The number of rotatable bonds is 4. The van der Waals surface area contributed by atoms with Crippen LogP contribution in [-0.2, 0) is 9.53 Å². The fourth-order valence-corrected chi connectivity index (χ4v) is 3.24. The molecule has 2 fully saturated rings. The number of hydrogen-bond acceptors (Lipinski definition) is 4. The lowest BCUT2D eigenvalue weighted by Gasteiger charge is -2.35. The standard InChI is InChI=1S/C16H31N5O2/c1-17-15(22)10-13-4-6-21(7-5-13)16(18-2)19-11-14-12-20(3)8-9-23-14/h13-14H,4-12H2,1-3H3,(H,17,22)(H,18,19). The molecule has 2 rings (SSSR count). The van der Waals surface area contributed by atoms with E-state index in [1.165, 1.54) is 0 Å². The Morgan fingerprint density at radius 1 is 1.30 bits per heavy atom. The van der Waals surface area contributed by atoms with E-state index in [-0.39, 0.29) is 12.0 Å². The van der Waals surface area contributed by atoms with Crippen molar-refractivity contribution in [2.24, 2.45) is 10.9 Å². The predicted octanol–water partition coefficient (Wildman–Crippen LogP) is -0.259. The maximum atomic E-state index is 11.5. The predicted molar refractivity (Wildman–Crippen MR) is 91.6 cm³/mol. The number of carbonyl (C=O) groups is 1. The van der Waals surface area contributed by atoms with Crippen molar-refractivity contribution in [2.75, 3.05) is 60.5 Å². The highest BCUT2D eigenvalue weighted by molar-refractivity contribution is 5.80. The number of hydrogen-bond donors (Lipinski definition) is 2. The van der Waals surface area contributed by atoms with E-state index < -0.39 is 0 Å². The molecule has 0 aromatic heterocycles. The smallest absolute Gasteiger partial charge is 0.220 e. The van der Waals surface area contributed by atoms with Crippen LogP contribution in [-0.4, -0.2) is 88.2 Å². The van der Waals surface area contributed by atoms with Gasteiger partial charge in [0, 0.05) is 53.2 Å².